The molecule has 3 aromatic carbocycles. The van der Waals surface area contributed by atoms with Gasteiger partial charge in [0.05, 0.1) is 18.2 Å². The van der Waals surface area contributed by atoms with Crippen LogP contribution in [-0.4, -0.2) is 23.4 Å². The maximum atomic E-state index is 13.8. The Morgan fingerprint density at radius 3 is 2.31 bits per heavy atom. The second-order valence-electron chi connectivity index (χ2n) is 9.90. The minimum atomic E-state index is -0.920. The molecule has 1 fully saturated rings. The van der Waals surface area contributed by atoms with Crippen LogP contribution in [0.15, 0.2) is 72.3 Å². The van der Waals surface area contributed by atoms with Crippen molar-refractivity contribution in [3.8, 4) is 5.75 Å². The van der Waals surface area contributed by atoms with Gasteiger partial charge >= 0.3 is 0 Å². The summed E-state index contributed by atoms with van der Waals surface area (Å²) in [7, 11) is 0. The average Bonchev–Trinajstić information content (AvgIpc) is 3.09. The fraction of sp³-hybridized carbons (Fsp3) is 0.267. The van der Waals surface area contributed by atoms with Crippen LogP contribution in [0.2, 0.25) is 0 Å². The molecule has 4 rings (SSSR count). The van der Waals surface area contributed by atoms with Gasteiger partial charge in [0.25, 0.3) is 11.7 Å². The van der Waals surface area contributed by atoms with Gasteiger partial charge in [0, 0.05) is 16.8 Å². The molecular formula is C30H30FNO4. The highest BCUT2D eigenvalue weighted by Crippen LogP contribution is 2.44. The molecule has 1 aliphatic rings. The lowest BCUT2D eigenvalue weighted by atomic mass is 9.84. The largest absolute Gasteiger partial charge is 0.507 e. The van der Waals surface area contributed by atoms with E-state index in [1.807, 2.05) is 46.8 Å². The van der Waals surface area contributed by atoms with E-state index in [0.29, 0.717) is 29.2 Å². The Morgan fingerprint density at radius 2 is 1.69 bits per heavy atom. The van der Waals surface area contributed by atoms with Crippen molar-refractivity contribution in [2.45, 2.75) is 46.1 Å². The van der Waals surface area contributed by atoms with Gasteiger partial charge in [-0.3, -0.25) is 14.5 Å². The Kier molecular flexibility index (Phi) is 6.72. The Hall–Kier alpha value is -3.93. The van der Waals surface area contributed by atoms with E-state index in [4.69, 9.17) is 4.74 Å². The molecule has 1 N–H and O–H groups in total. The predicted octanol–water partition coefficient (Wildman–Crippen LogP) is 6.46. The number of carbonyl (C=O) groups is 2. The van der Waals surface area contributed by atoms with Crippen LogP contribution in [0.5, 0.6) is 5.75 Å². The number of amides is 1. The first-order valence-electron chi connectivity index (χ1n) is 11.9. The van der Waals surface area contributed by atoms with E-state index in [1.165, 1.54) is 29.2 Å². The molecule has 6 heteroatoms. The van der Waals surface area contributed by atoms with Crippen molar-refractivity contribution in [3.63, 3.8) is 0 Å². The Balaban J connectivity index is 1.96. The number of aliphatic hydroxyl groups is 1. The Bertz CT molecular complexity index is 1350. The number of benzene rings is 3. The summed E-state index contributed by atoms with van der Waals surface area (Å²) in [6.45, 7) is 10.3. The summed E-state index contributed by atoms with van der Waals surface area (Å²) in [5.74, 6) is -1.57. The number of para-hydroxylation sites is 1. The zero-order chi connectivity index (χ0) is 26.2. The third-order valence-electron chi connectivity index (χ3n) is 6.37. The third-order valence-corrected chi connectivity index (χ3v) is 6.37. The molecule has 1 unspecified atom stereocenters. The molecule has 0 bridgehead atoms. The summed E-state index contributed by atoms with van der Waals surface area (Å²) in [5.41, 5.74) is 2.78. The number of hydrogen-bond acceptors (Lipinski definition) is 4. The zero-order valence-electron chi connectivity index (χ0n) is 21.1. The fourth-order valence-corrected chi connectivity index (χ4v) is 4.58. The number of rotatable bonds is 5. The number of halogens is 1. The molecule has 0 saturated carbocycles. The maximum absolute atomic E-state index is 13.8. The smallest absolute Gasteiger partial charge is 0.300 e. The number of aliphatic hydroxyl groups excluding tert-OH is 1. The van der Waals surface area contributed by atoms with E-state index >= 15 is 0 Å². The highest BCUT2D eigenvalue weighted by molar-refractivity contribution is 6.51. The number of Topliss-reactive ketones (excluding diaryl/α,β-unsaturated/α-hetero) is 1. The van der Waals surface area contributed by atoms with Crippen molar-refractivity contribution >= 4 is 23.1 Å². The van der Waals surface area contributed by atoms with E-state index < -0.39 is 23.5 Å². The molecule has 1 atom stereocenters. The quantitative estimate of drug-likeness (QED) is 0.255. The van der Waals surface area contributed by atoms with Crippen LogP contribution in [-0.2, 0) is 15.0 Å². The molecule has 1 heterocycles. The first-order valence-corrected chi connectivity index (χ1v) is 11.9. The number of hydrogen-bond donors (Lipinski definition) is 1. The first kappa shape index (κ1) is 25.2. The van der Waals surface area contributed by atoms with E-state index in [2.05, 4.69) is 0 Å². The standard InChI is InChI=1S/C30H30FNO4/c1-6-36-24-16-13-20(17-22(24)30(3,4)5)27(33)25-26(19-11-14-21(31)15-12-19)32(29(35)28(25)34)23-10-8-7-9-18(23)2/h7-17,26,33H,6H2,1-5H3/b27-25-. The van der Waals surface area contributed by atoms with E-state index in [-0.39, 0.29) is 16.7 Å². The molecule has 1 saturated heterocycles. The van der Waals surface area contributed by atoms with Crippen LogP contribution in [0.4, 0.5) is 10.1 Å². The summed E-state index contributed by atoms with van der Waals surface area (Å²) < 4.78 is 19.6. The molecule has 1 aliphatic heterocycles. The van der Waals surface area contributed by atoms with Crippen molar-refractivity contribution in [1.82, 2.24) is 0 Å². The van der Waals surface area contributed by atoms with Crippen molar-refractivity contribution in [3.05, 3.63) is 100 Å². The van der Waals surface area contributed by atoms with Crippen molar-refractivity contribution < 1.29 is 23.8 Å². The van der Waals surface area contributed by atoms with Crippen LogP contribution in [0.1, 0.15) is 56.0 Å². The number of nitrogens with zero attached hydrogens (tertiary/aromatic N) is 1. The SMILES string of the molecule is CCOc1ccc(/C(O)=C2/C(=O)C(=O)N(c3ccccc3C)C2c2ccc(F)cc2)cc1C(C)(C)C. The van der Waals surface area contributed by atoms with E-state index in [0.717, 1.165) is 11.1 Å². The minimum absolute atomic E-state index is 0.0427. The fourth-order valence-electron chi connectivity index (χ4n) is 4.58. The maximum Gasteiger partial charge on any atom is 0.300 e. The first-order chi connectivity index (χ1) is 17.0. The monoisotopic (exact) mass is 487 g/mol. The molecule has 3 aromatic rings. The van der Waals surface area contributed by atoms with Gasteiger partial charge in [0.1, 0.15) is 17.3 Å². The van der Waals surface area contributed by atoms with Crippen LogP contribution < -0.4 is 9.64 Å². The summed E-state index contributed by atoms with van der Waals surface area (Å²) in [4.78, 5) is 28.2. The van der Waals surface area contributed by atoms with Gasteiger partial charge < -0.3 is 9.84 Å². The summed E-state index contributed by atoms with van der Waals surface area (Å²) in [6, 6.07) is 17.2. The molecule has 5 nitrogen and oxygen atoms in total. The lowest BCUT2D eigenvalue weighted by Crippen LogP contribution is -2.30. The second kappa shape index (κ2) is 9.61. The number of aryl methyl sites for hydroxylation is 1. The predicted molar refractivity (Wildman–Crippen MR) is 139 cm³/mol. The van der Waals surface area contributed by atoms with Gasteiger partial charge in [-0.05, 0) is 66.8 Å². The molecular weight excluding hydrogens is 457 g/mol. The van der Waals surface area contributed by atoms with Crippen LogP contribution in [0.3, 0.4) is 0 Å². The minimum Gasteiger partial charge on any atom is -0.507 e. The highest BCUT2D eigenvalue weighted by Gasteiger charge is 2.47. The highest BCUT2D eigenvalue weighted by atomic mass is 19.1. The van der Waals surface area contributed by atoms with Gasteiger partial charge in [-0.25, -0.2) is 4.39 Å². The summed E-state index contributed by atoms with van der Waals surface area (Å²) in [6.07, 6.45) is 0. The Morgan fingerprint density at radius 1 is 1.03 bits per heavy atom. The molecule has 0 spiro atoms. The van der Waals surface area contributed by atoms with E-state index in [1.54, 1.807) is 30.3 Å². The molecule has 0 aromatic heterocycles. The number of carbonyl (C=O) groups excluding carboxylic acids is 2. The molecule has 1 amide bonds. The number of ether oxygens (including phenoxy) is 1. The van der Waals surface area contributed by atoms with Crippen molar-refractivity contribution in [2.24, 2.45) is 0 Å². The lowest BCUT2D eigenvalue weighted by molar-refractivity contribution is -0.132. The van der Waals surface area contributed by atoms with Crippen LogP contribution in [0, 0.1) is 12.7 Å². The topological polar surface area (TPSA) is 66.8 Å². The molecule has 186 valence electrons. The van der Waals surface area contributed by atoms with Crippen LogP contribution >= 0.6 is 0 Å². The normalized spacial score (nSPS) is 17.5. The van der Waals surface area contributed by atoms with Gasteiger partial charge in [0.2, 0.25) is 0 Å². The molecule has 36 heavy (non-hydrogen) atoms. The molecule has 0 aliphatic carbocycles. The van der Waals surface area contributed by atoms with Crippen molar-refractivity contribution in [1.29, 1.82) is 0 Å². The van der Waals surface area contributed by atoms with Gasteiger partial charge in [-0.1, -0.05) is 51.1 Å². The van der Waals surface area contributed by atoms with Crippen molar-refractivity contribution in [2.75, 3.05) is 11.5 Å². The van der Waals surface area contributed by atoms with E-state index in [9.17, 15) is 19.1 Å². The summed E-state index contributed by atoms with van der Waals surface area (Å²) in [5, 5.41) is 11.5. The second-order valence-corrected chi connectivity index (χ2v) is 9.90. The van der Waals surface area contributed by atoms with Gasteiger partial charge in [-0.2, -0.15) is 0 Å². The van der Waals surface area contributed by atoms with Gasteiger partial charge in [0.15, 0.2) is 0 Å². The van der Waals surface area contributed by atoms with Gasteiger partial charge in [-0.15, -0.1) is 0 Å². The Labute approximate surface area is 210 Å². The summed E-state index contributed by atoms with van der Waals surface area (Å²) >= 11 is 0. The van der Waals surface area contributed by atoms with Crippen LogP contribution in [0.25, 0.3) is 5.76 Å². The zero-order valence-corrected chi connectivity index (χ0v) is 21.1. The number of anilines is 1. The third kappa shape index (κ3) is 4.51. The number of ketones is 1. The average molecular weight is 488 g/mol. The molecule has 0 radical (unpaired) electrons. The lowest BCUT2D eigenvalue weighted by Gasteiger charge is -2.27.